The van der Waals surface area contributed by atoms with E-state index < -0.39 is 0 Å². The summed E-state index contributed by atoms with van der Waals surface area (Å²) in [5, 5.41) is 13.9. The Morgan fingerprint density at radius 2 is 2.27 bits per heavy atom. The first kappa shape index (κ1) is 14.1. The maximum absolute atomic E-state index is 12.2. The highest BCUT2D eigenvalue weighted by Gasteiger charge is 2.10. The molecular formula is C14H17N7O. The van der Waals surface area contributed by atoms with Gasteiger partial charge in [-0.15, -0.1) is 5.10 Å². The van der Waals surface area contributed by atoms with Gasteiger partial charge in [-0.3, -0.25) is 9.89 Å². The van der Waals surface area contributed by atoms with Crippen LogP contribution in [0.2, 0.25) is 0 Å². The maximum Gasteiger partial charge on any atom is 0.251 e. The van der Waals surface area contributed by atoms with Gasteiger partial charge in [0.2, 0.25) is 5.95 Å². The molecule has 0 aliphatic heterocycles. The van der Waals surface area contributed by atoms with Crippen LogP contribution >= 0.6 is 0 Å². The lowest BCUT2D eigenvalue weighted by Crippen LogP contribution is -2.23. The van der Waals surface area contributed by atoms with Crippen LogP contribution in [0.5, 0.6) is 0 Å². The van der Waals surface area contributed by atoms with Gasteiger partial charge in [0, 0.05) is 11.8 Å². The number of aromatic amines is 1. The molecule has 4 N–H and O–H groups in total. The summed E-state index contributed by atoms with van der Waals surface area (Å²) in [7, 11) is 0. The number of nitrogens with zero attached hydrogens (tertiary/aromatic N) is 4. The first-order valence-electron chi connectivity index (χ1n) is 6.97. The van der Waals surface area contributed by atoms with E-state index in [1.807, 2.05) is 6.07 Å². The number of hydrogen-bond acceptors (Lipinski definition) is 5. The quantitative estimate of drug-likeness (QED) is 0.667. The number of anilines is 1. The Balaban J connectivity index is 1.69. The molecule has 8 heteroatoms. The number of H-pyrrole nitrogens is 1. The zero-order valence-electron chi connectivity index (χ0n) is 12.4. The predicted molar refractivity (Wildman–Crippen MR) is 81.2 cm³/mol. The number of nitrogens with two attached hydrogens (primary N) is 1. The van der Waals surface area contributed by atoms with E-state index in [2.05, 4.69) is 39.4 Å². The summed E-state index contributed by atoms with van der Waals surface area (Å²) < 4.78 is 1.52. The molecule has 3 aromatic rings. The third-order valence-electron chi connectivity index (χ3n) is 3.30. The Bertz CT molecular complexity index is 818. The summed E-state index contributed by atoms with van der Waals surface area (Å²) in [6.07, 6.45) is 1.65. The van der Waals surface area contributed by atoms with E-state index in [0.717, 1.165) is 11.4 Å². The van der Waals surface area contributed by atoms with Gasteiger partial charge >= 0.3 is 0 Å². The molecule has 8 nitrogen and oxygen atoms in total. The Morgan fingerprint density at radius 1 is 1.45 bits per heavy atom. The molecule has 0 aliphatic carbocycles. The van der Waals surface area contributed by atoms with Crippen molar-refractivity contribution in [2.45, 2.75) is 26.3 Å². The zero-order chi connectivity index (χ0) is 15.7. The van der Waals surface area contributed by atoms with Crippen molar-refractivity contribution in [1.82, 2.24) is 30.1 Å². The molecule has 114 valence electrons. The van der Waals surface area contributed by atoms with Gasteiger partial charge in [-0.2, -0.15) is 10.1 Å². The van der Waals surface area contributed by atoms with Gasteiger partial charge in [0.15, 0.2) is 5.65 Å². The Kier molecular flexibility index (Phi) is 3.50. The number of amides is 1. The van der Waals surface area contributed by atoms with Gasteiger partial charge in [-0.1, -0.05) is 13.8 Å². The fourth-order valence-corrected chi connectivity index (χ4v) is 2.08. The molecule has 3 rings (SSSR count). The molecule has 0 saturated heterocycles. The minimum absolute atomic E-state index is 0.177. The van der Waals surface area contributed by atoms with E-state index in [1.165, 1.54) is 4.52 Å². The van der Waals surface area contributed by atoms with Gasteiger partial charge in [-0.25, -0.2) is 4.52 Å². The van der Waals surface area contributed by atoms with Gasteiger partial charge in [-0.05, 0) is 24.1 Å². The van der Waals surface area contributed by atoms with Crippen molar-refractivity contribution in [3.63, 3.8) is 0 Å². The SMILES string of the molecule is CC(C)c1cc(CNC(=O)c2ccn3nc(N)nc3c2)[nH]n1. The van der Waals surface area contributed by atoms with Crippen molar-refractivity contribution in [2.24, 2.45) is 0 Å². The normalized spacial score (nSPS) is 11.2. The van der Waals surface area contributed by atoms with Gasteiger partial charge in [0.05, 0.1) is 17.9 Å². The molecule has 0 bridgehead atoms. The first-order chi connectivity index (χ1) is 10.5. The highest BCUT2D eigenvalue weighted by atomic mass is 16.1. The summed E-state index contributed by atoms with van der Waals surface area (Å²) in [4.78, 5) is 16.2. The van der Waals surface area contributed by atoms with Gasteiger partial charge in [0.25, 0.3) is 5.91 Å². The van der Waals surface area contributed by atoms with Crippen molar-refractivity contribution in [1.29, 1.82) is 0 Å². The number of fused-ring (bicyclic) bond motifs is 1. The van der Waals surface area contributed by atoms with Crippen LogP contribution < -0.4 is 11.1 Å². The third-order valence-corrected chi connectivity index (χ3v) is 3.30. The molecule has 3 heterocycles. The van der Waals surface area contributed by atoms with Crippen LogP contribution in [0.1, 0.15) is 41.5 Å². The van der Waals surface area contributed by atoms with E-state index in [1.54, 1.807) is 18.3 Å². The third kappa shape index (κ3) is 2.76. The van der Waals surface area contributed by atoms with Crippen LogP contribution in [0.25, 0.3) is 5.65 Å². The lowest BCUT2D eigenvalue weighted by Gasteiger charge is -2.03. The molecule has 0 aromatic carbocycles. The summed E-state index contributed by atoms with van der Waals surface area (Å²) >= 11 is 0. The highest BCUT2D eigenvalue weighted by molar-refractivity contribution is 5.94. The Hall–Kier alpha value is -2.90. The van der Waals surface area contributed by atoms with Crippen LogP contribution in [0, 0.1) is 0 Å². The topological polar surface area (TPSA) is 114 Å². The Morgan fingerprint density at radius 3 is 3.00 bits per heavy atom. The summed E-state index contributed by atoms with van der Waals surface area (Å²) in [5.41, 5.74) is 8.40. The molecule has 0 aliphatic rings. The summed E-state index contributed by atoms with van der Waals surface area (Å²) in [5.74, 6) is 0.336. The van der Waals surface area contributed by atoms with E-state index in [0.29, 0.717) is 23.7 Å². The van der Waals surface area contributed by atoms with Crippen LogP contribution in [-0.4, -0.2) is 30.7 Å². The molecule has 3 aromatic heterocycles. The lowest BCUT2D eigenvalue weighted by atomic mass is 10.1. The zero-order valence-corrected chi connectivity index (χ0v) is 12.4. The average molecular weight is 299 g/mol. The summed E-state index contributed by atoms with van der Waals surface area (Å²) in [6.45, 7) is 4.52. The molecule has 1 amide bonds. The number of nitrogen functional groups attached to an aromatic ring is 1. The smallest absolute Gasteiger partial charge is 0.251 e. The van der Waals surface area contributed by atoms with Crippen LogP contribution in [0.3, 0.4) is 0 Å². The first-order valence-corrected chi connectivity index (χ1v) is 6.97. The molecule has 0 saturated carbocycles. The van der Waals surface area contributed by atoms with Crippen molar-refractivity contribution in [2.75, 3.05) is 5.73 Å². The number of nitrogens with one attached hydrogen (secondary N) is 2. The molecule has 22 heavy (non-hydrogen) atoms. The molecule has 0 unspecified atom stereocenters. The van der Waals surface area contributed by atoms with E-state index in [9.17, 15) is 4.79 Å². The van der Waals surface area contributed by atoms with E-state index >= 15 is 0 Å². The summed E-state index contributed by atoms with van der Waals surface area (Å²) in [6, 6.07) is 5.27. The number of hydrogen-bond donors (Lipinski definition) is 3. The van der Waals surface area contributed by atoms with Crippen LogP contribution in [-0.2, 0) is 6.54 Å². The van der Waals surface area contributed by atoms with Crippen molar-refractivity contribution in [3.8, 4) is 0 Å². The minimum atomic E-state index is -0.190. The second kappa shape index (κ2) is 5.47. The predicted octanol–water partition coefficient (Wildman–Crippen LogP) is 1.09. The fourth-order valence-electron chi connectivity index (χ4n) is 2.08. The maximum atomic E-state index is 12.2. The standard InChI is InChI=1S/C14H17N7O/c1-8(2)11-6-10(18-19-11)7-16-13(22)9-3-4-21-12(5-9)17-14(15)20-21/h3-6,8H,7H2,1-2H3,(H2,15,20)(H,16,22)(H,18,19). The molecular weight excluding hydrogens is 282 g/mol. The van der Waals surface area contributed by atoms with E-state index in [4.69, 9.17) is 5.73 Å². The molecule has 0 spiro atoms. The highest BCUT2D eigenvalue weighted by Crippen LogP contribution is 2.12. The average Bonchev–Trinajstić information content (AvgIpc) is 3.09. The number of rotatable bonds is 4. The molecule has 0 fully saturated rings. The monoisotopic (exact) mass is 299 g/mol. The van der Waals surface area contributed by atoms with Crippen molar-refractivity contribution in [3.05, 3.63) is 41.3 Å². The van der Waals surface area contributed by atoms with Crippen molar-refractivity contribution < 1.29 is 4.79 Å². The fraction of sp³-hybridized carbons (Fsp3) is 0.286. The molecule has 0 radical (unpaired) electrons. The number of aromatic nitrogens is 5. The van der Waals surface area contributed by atoms with Crippen LogP contribution in [0.15, 0.2) is 24.4 Å². The van der Waals surface area contributed by atoms with E-state index in [-0.39, 0.29) is 11.9 Å². The molecule has 0 atom stereocenters. The number of carbonyl (C=O) groups is 1. The van der Waals surface area contributed by atoms with Gasteiger partial charge < -0.3 is 11.1 Å². The lowest BCUT2D eigenvalue weighted by molar-refractivity contribution is 0.0950. The number of pyridine rings is 1. The van der Waals surface area contributed by atoms with Crippen LogP contribution in [0.4, 0.5) is 5.95 Å². The minimum Gasteiger partial charge on any atom is -0.366 e. The number of carbonyl (C=O) groups excluding carboxylic acids is 1. The van der Waals surface area contributed by atoms with Crippen molar-refractivity contribution >= 4 is 17.5 Å². The largest absolute Gasteiger partial charge is 0.366 e. The van der Waals surface area contributed by atoms with Gasteiger partial charge in [0.1, 0.15) is 0 Å². The second-order valence-electron chi connectivity index (χ2n) is 5.34. The Labute approximate surface area is 126 Å². The second-order valence-corrected chi connectivity index (χ2v) is 5.34.